The summed E-state index contributed by atoms with van der Waals surface area (Å²) in [5.74, 6) is 2.79. The van der Waals surface area contributed by atoms with Crippen LogP contribution < -0.4 is 4.72 Å². The number of rotatable bonds is 5. The molecule has 144 valence electrons. The monoisotopic (exact) mass is 392 g/mol. The van der Waals surface area contributed by atoms with Crippen molar-refractivity contribution in [2.75, 3.05) is 11.0 Å². The van der Waals surface area contributed by atoms with Crippen molar-refractivity contribution >= 4 is 34.3 Å². The standard InChI is InChI=1S/C21H24N6S/c1-12-7-17(11-27-14(3)23-24-21(12)27)16-8-18(25-28-4)20-19(9-16)26(13(2)22-20)10-15-5-6-15/h7-9,11,15,25H,5-6,10H2,1-4H3. The predicted molar refractivity (Wildman–Crippen MR) is 116 cm³/mol. The number of hydrogen-bond donors (Lipinski definition) is 1. The number of benzene rings is 1. The van der Waals surface area contributed by atoms with Crippen molar-refractivity contribution in [2.45, 2.75) is 40.2 Å². The van der Waals surface area contributed by atoms with E-state index in [1.165, 1.54) is 23.9 Å². The fourth-order valence-corrected chi connectivity index (χ4v) is 4.28. The maximum Gasteiger partial charge on any atom is 0.163 e. The molecule has 1 aliphatic carbocycles. The molecule has 6 nitrogen and oxygen atoms in total. The molecule has 0 bridgehead atoms. The molecule has 0 spiro atoms. The molecule has 3 heterocycles. The summed E-state index contributed by atoms with van der Waals surface area (Å²) in [5.41, 5.74) is 7.71. The van der Waals surface area contributed by atoms with Gasteiger partial charge in [-0.1, -0.05) is 11.9 Å². The van der Waals surface area contributed by atoms with Crippen LogP contribution in [-0.4, -0.2) is 30.4 Å². The average molecular weight is 393 g/mol. The van der Waals surface area contributed by atoms with Crippen LogP contribution in [0, 0.1) is 26.7 Å². The lowest BCUT2D eigenvalue weighted by Crippen LogP contribution is -2.02. The lowest BCUT2D eigenvalue weighted by molar-refractivity contribution is 0.626. The molecule has 1 saturated carbocycles. The summed E-state index contributed by atoms with van der Waals surface area (Å²) in [4.78, 5) is 4.88. The smallest absolute Gasteiger partial charge is 0.163 e. The fourth-order valence-electron chi connectivity index (χ4n) is 3.91. The van der Waals surface area contributed by atoms with Gasteiger partial charge < -0.3 is 9.29 Å². The lowest BCUT2D eigenvalue weighted by atomic mass is 10.0. The summed E-state index contributed by atoms with van der Waals surface area (Å²) in [5, 5.41) is 8.52. The van der Waals surface area contributed by atoms with Gasteiger partial charge in [-0.15, -0.1) is 10.2 Å². The third kappa shape index (κ3) is 2.85. The third-order valence-electron chi connectivity index (χ3n) is 5.59. The Bertz CT molecular complexity index is 1200. The van der Waals surface area contributed by atoms with Crippen LogP contribution in [0.2, 0.25) is 0 Å². The highest BCUT2D eigenvalue weighted by Gasteiger charge is 2.24. The van der Waals surface area contributed by atoms with E-state index in [2.05, 4.69) is 62.1 Å². The Labute approximate surface area is 168 Å². The Morgan fingerprint density at radius 3 is 2.64 bits per heavy atom. The molecule has 0 radical (unpaired) electrons. The summed E-state index contributed by atoms with van der Waals surface area (Å²) in [6, 6.07) is 6.68. The first-order valence-corrected chi connectivity index (χ1v) is 10.9. The second-order valence-electron chi connectivity index (χ2n) is 7.76. The Morgan fingerprint density at radius 2 is 1.89 bits per heavy atom. The fraction of sp³-hybridized carbons (Fsp3) is 0.381. The van der Waals surface area contributed by atoms with Crippen molar-refractivity contribution in [2.24, 2.45) is 5.92 Å². The van der Waals surface area contributed by atoms with E-state index in [0.29, 0.717) is 0 Å². The molecule has 7 heteroatoms. The minimum atomic E-state index is 0.801. The molecule has 0 atom stereocenters. The Morgan fingerprint density at radius 1 is 1.07 bits per heavy atom. The van der Waals surface area contributed by atoms with Gasteiger partial charge in [0.05, 0.1) is 11.2 Å². The molecule has 28 heavy (non-hydrogen) atoms. The first-order chi connectivity index (χ1) is 13.5. The third-order valence-corrected chi connectivity index (χ3v) is 6.01. The number of anilines is 1. The van der Waals surface area contributed by atoms with Crippen molar-refractivity contribution in [3.63, 3.8) is 0 Å². The lowest BCUT2D eigenvalue weighted by Gasteiger charge is -2.12. The van der Waals surface area contributed by atoms with Crippen molar-refractivity contribution < 1.29 is 0 Å². The van der Waals surface area contributed by atoms with E-state index in [1.807, 2.05) is 13.2 Å². The van der Waals surface area contributed by atoms with Crippen LogP contribution in [0.15, 0.2) is 24.4 Å². The Balaban J connectivity index is 1.73. The molecule has 5 rings (SSSR count). The summed E-state index contributed by atoms with van der Waals surface area (Å²) >= 11 is 1.60. The first kappa shape index (κ1) is 17.6. The number of fused-ring (bicyclic) bond motifs is 2. The molecule has 0 aliphatic heterocycles. The van der Waals surface area contributed by atoms with Gasteiger partial charge in [-0.05, 0) is 74.4 Å². The Kier molecular flexibility index (Phi) is 4.08. The van der Waals surface area contributed by atoms with Gasteiger partial charge in [0, 0.05) is 19.0 Å². The van der Waals surface area contributed by atoms with Crippen LogP contribution in [0.3, 0.4) is 0 Å². The van der Waals surface area contributed by atoms with Crippen molar-refractivity contribution in [1.29, 1.82) is 0 Å². The number of nitrogens with zero attached hydrogens (tertiary/aromatic N) is 5. The highest BCUT2D eigenvalue weighted by atomic mass is 32.2. The molecule has 1 aromatic carbocycles. The molecule has 0 unspecified atom stereocenters. The number of pyridine rings is 1. The molecule has 1 fully saturated rings. The maximum absolute atomic E-state index is 4.88. The van der Waals surface area contributed by atoms with Gasteiger partial charge in [-0.2, -0.15) is 0 Å². The molecular formula is C21H24N6S. The number of imidazole rings is 1. The summed E-state index contributed by atoms with van der Waals surface area (Å²) in [7, 11) is 0. The Hall–Kier alpha value is -2.54. The van der Waals surface area contributed by atoms with E-state index >= 15 is 0 Å². The normalized spacial score (nSPS) is 14.3. The zero-order chi connectivity index (χ0) is 19.4. The first-order valence-electron chi connectivity index (χ1n) is 9.67. The molecule has 1 aliphatic rings. The summed E-state index contributed by atoms with van der Waals surface area (Å²) in [6.45, 7) is 7.25. The van der Waals surface area contributed by atoms with Gasteiger partial charge in [-0.25, -0.2) is 4.98 Å². The van der Waals surface area contributed by atoms with E-state index in [1.54, 1.807) is 11.9 Å². The van der Waals surface area contributed by atoms with Crippen LogP contribution in [-0.2, 0) is 6.54 Å². The molecule has 1 N–H and O–H groups in total. The van der Waals surface area contributed by atoms with E-state index in [0.717, 1.165) is 52.1 Å². The minimum Gasteiger partial charge on any atom is -0.328 e. The number of hydrogen-bond acceptors (Lipinski definition) is 5. The molecule has 3 aromatic heterocycles. The molecule has 4 aromatic rings. The van der Waals surface area contributed by atoms with Crippen LogP contribution in [0.5, 0.6) is 0 Å². The van der Waals surface area contributed by atoms with E-state index in [4.69, 9.17) is 4.98 Å². The van der Waals surface area contributed by atoms with Gasteiger partial charge in [0.25, 0.3) is 0 Å². The van der Waals surface area contributed by atoms with Crippen molar-refractivity contribution in [3.8, 4) is 11.1 Å². The largest absolute Gasteiger partial charge is 0.328 e. The predicted octanol–water partition coefficient (Wildman–Crippen LogP) is 4.77. The van der Waals surface area contributed by atoms with Crippen LogP contribution in [0.4, 0.5) is 5.69 Å². The van der Waals surface area contributed by atoms with E-state index in [-0.39, 0.29) is 0 Å². The average Bonchev–Trinajstić information content (AvgIpc) is 3.34. The van der Waals surface area contributed by atoms with Crippen LogP contribution in [0.25, 0.3) is 27.8 Å². The summed E-state index contributed by atoms with van der Waals surface area (Å²) < 4.78 is 7.90. The topological polar surface area (TPSA) is 60.0 Å². The number of aromatic nitrogens is 5. The van der Waals surface area contributed by atoms with Gasteiger partial charge in [0.15, 0.2) is 5.65 Å². The van der Waals surface area contributed by atoms with Gasteiger partial charge in [0.2, 0.25) is 0 Å². The van der Waals surface area contributed by atoms with Crippen molar-refractivity contribution in [3.05, 3.63) is 41.6 Å². The molecule has 0 saturated heterocycles. The van der Waals surface area contributed by atoms with Gasteiger partial charge in [-0.3, -0.25) is 4.40 Å². The highest BCUT2D eigenvalue weighted by molar-refractivity contribution is 7.99. The number of aryl methyl sites for hydroxylation is 3. The highest BCUT2D eigenvalue weighted by Crippen LogP contribution is 2.36. The second kappa shape index (κ2) is 6.51. The maximum atomic E-state index is 4.88. The van der Waals surface area contributed by atoms with Crippen LogP contribution >= 0.6 is 11.9 Å². The van der Waals surface area contributed by atoms with E-state index < -0.39 is 0 Å². The SMILES string of the molecule is CSNc1cc(-c2cc(C)c3nnc(C)n3c2)cc2c1nc(C)n2CC1CC1. The quantitative estimate of drug-likeness (QED) is 0.496. The van der Waals surface area contributed by atoms with Crippen LogP contribution in [0.1, 0.15) is 30.1 Å². The zero-order valence-corrected chi connectivity index (χ0v) is 17.5. The zero-order valence-electron chi connectivity index (χ0n) is 16.7. The molecule has 0 amide bonds. The van der Waals surface area contributed by atoms with Gasteiger partial charge in [0.1, 0.15) is 17.2 Å². The molecular weight excluding hydrogens is 368 g/mol. The van der Waals surface area contributed by atoms with Crippen molar-refractivity contribution in [1.82, 2.24) is 24.1 Å². The second-order valence-corrected chi connectivity index (χ2v) is 8.38. The van der Waals surface area contributed by atoms with E-state index in [9.17, 15) is 0 Å². The minimum absolute atomic E-state index is 0.801. The van der Waals surface area contributed by atoms with Gasteiger partial charge >= 0.3 is 0 Å². The number of nitrogens with one attached hydrogen (secondary N) is 1. The summed E-state index contributed by atoms with van der Waals surface area (Å²) in [6.07, 6.45) is 6.84.